The molecule has 9 atom stereocenters. The second-order valence-corrected chi connectivity index (χ2v) is 10.2. The van der Waals surface area contributed by atoms with Gasteiger partial charge < -0.3 is 24.8 Å². The van der Waals surface area contributed by atoms with Crippen LogP contribution < -0.4 is 0 Å². The summed E-state index contributed by atoms with van der Waals surface area (Å²) in [7, 11) is 0. The molecule has 0 bridgehead atoms. The second-order valence-electron chi connectivity index (χ2n) is 10.2. The summed E-state index contributed by atoms with van der Waals surface area (Å²) in [6.07, 6.45) is 2.33. The third-order valence-corrected chi connectivity index (χ3v) is 8.52. The van der Waals surface area contributed by atoms with Crippen LogP contribution in [-0.2, 0) is 19.1 Å². The molecule has 0 aromatic heterocycles. The van der Waals surface area contributed by atoms with E-state index in [1.54, 1.807) is 0 Å². The first-order valence-corrected chi connectivity index (χ1v) is 10.6. The number of esters is 2. The lowest BCUT2D eigenvalue weighted by atomic mass is 9.41. The van der Waals surface area contributed by atoms with E-state index in [0.717, 1.165) is 19.3 Å². The summed E-state index contributed by atoms with van der Waals surface area (Å²) in [4.78, 5) is 23.9. The number of rotatable bonds is 2. The largest absolute Gasteiger partial charge is 0.459 e. The molecule has 3 aliphatic carbocycles. The predicted molar refractivity (Wildman–Crippen MR) is 102 cm³/mol. The second kappa shape index (κ2) is 6.53. The first kappa shape index (κ1) is 20.8. The number of aliphatic hydroxyl groups is 3. The molecule has 0 saturated heterocycles. The SMILES string of the molecule is CC(=O)O[C@@H]1[C@H](O)[C@@H]2[C@H](C)C3=CC(=O)O[C@]3(O)C[C@H]2[C@]2(C)CCC[C@@](C)(CO)[C@H]12. The highest BCUT2D eigenvalue weighted by Gasteiger charge is 2.68. The molecular formula is C22H32O7. The Bertz CT molecular complexity index is 762. The number of hydrogen-bond acceptors (Lipinski definition) is 7. The zero-order chi connectivity index (χ0) is 21.4. The minimum Gasteiger partial charge on any atom is -0.459 e. The Morgan fingerprint density at radius 3 is 2.66 bits per heavy atom. The molecule has 3 fully saturated rings. The van der Waals surface area contributed by atoms with Gasteiger partial charge in [-0.15, -0.1) is 0 Å². The molecule has 3 N–H and O–H groups in total. The third kappa shape index (κ3) is 2.81. The zero-order valence-electron chi connectivity index (χ0n) is 17.6. The van der Waals surface area contributed by atoms with Crippen LogP contribution in [0.5, 0.6) is 0 Å². The van der Waals surface area contributed by atoms with E-state index in [2.05, 4.69) is 6.92 Å². The Balaban J connectivity index is 1.85. The molecule has 1 heterocycles. The quantitative estimate of drug-likeness (QED) is 0.594. The van der Waals surface area contributed by atoms with Crippen LogP contribution in [0.3, 0.4) is 0 Å². The lowest BCUT2D eigenvalue weighted by Crippen LogP contribution is -2.68. The van der Waals surface area contributed by atoms with Crippen LogP contribution in [0.4, 0.5) is 0 Å². The van der Waals surface area contributed by atoms with Crippen molar-refractivity contribution in [3.63, 3.8) is 0 Å². The molecule has 0 spiro atoms. The van der Waals surface area contributed by atoms with E-state index < -0.39 is 40.8 Å². The number of hydrogen-bond donors (Lipinski definition) is 3. The van der Waals surface area contributed by atoms with Gasteiger partial charge in [-0.3, -0.25) is 4.79 Å². The minimum absolute atomic E-state index is 0.0743. The first-order valence-electron chi connectivity index (χ1n) is 10.6. The van der Waals surface area contributed by atoms with Gasteiger partial charge in [-0.1, -0.05) is 27.2 Å². The molecule has 29 heavy (non-hydrogen) atoms. The monoisotopic (exact) mass is 408 g/mol. The summed E-state index contributed by atoms with van der Waals surface area (Å²) in [6, 6.07) is 0. The molecule has 4 aliphatic rings. The molecule has 0 unspecified atom stereocenters. The summed E-state index contributed by atoms with van der Waals surface area (Å²) >= 11 is 0. The van der Waals surface area contributed by atoms with Crippen molar-refractivity contribution in [1.29, 1.82) is 0 Å². The highest BCUT2D eigenvalue weighted by molar-refractivity contribution is 5.86. The summed E-state index contributed by atoms with van der Waals surface area (Å²) < 4.78 is 11.0. The van der Waals surface area contributed by atoms with Crippen molar-refractivity contribution in [3.8, 4) is 0 Å². The van der Waals surface area contributed by atoms with Gasteiger partial charge in [0, 0.05) is 37.5 Å². The molecule has 1 aliphatic heterocycles. The Hall–Kier alpha value is -1.44. The first-order chi connectivity index (χ1) is 13.5. The summed E-state index contributed by atoms with van der Waals surface area (Å²) in [5, 5.41) is 32.9. The van der Waals surface area contributed by atoms with Gasteiger partial charge >= 0.3 is 11.9 Å². The maximum Gasteiger partial charge on any atom is 0.333 e. The highest BCUT2D eigenvalue weighted by atomic mass is 16.7. The van der Waals surface area contributed by atoms with Crippen molar-refractivity contribution in [2.24, 2.45) is 34.5 Å². The number of ether oxygens (including phenoxy) is 2. The van der Waals surface area contributed by atoms with E-state index in [0.29, 0.717) is 5.57 Å². The van der Waals surface area contributed by atoms with Crippen LogP contribution in [0.15, 0.2) is 11.6 Å². The smallest absolute Gasteiger partial charge is 0.333 e. The van der Waals surface area contributed by atoms with Gasteiger partial charge in [-0.25, -0.2) is 4.79 Å². The minimum atomic E-state index is -1.65. The van der Waals surface area contributed by atoms with Gasteiger partial charge in [0.15, 0.2) is 0 Å². The van der Waals surface area contributed by atoms with Crippen LogP contribution in [0.25, 0.3) is 0 Å². The topological polar surface area (TPSA) is 113 Å². The standard InChI is InChI=1S/C22H32O7/c1-11-13-8-15(25)29-22(13,27)9-14-16(11)17(26)18(28-12(2)24)19-20(3,10-23)6-5-7-21(14,19)4/h8,11,14,16-19,23,26-27H,5-7,9-10H2,1-4H3/t11-,14-,16-,17-,18-,19+,20+,21+,22-/m1/s1. The molecule has 7 nitrogen and oxygen atoms in total. The fourth-order valence-electron chi connectivity index (χ4n) is 7.43. The molecular weight excluding hydrogens is 376 g/mol. The van der Waals surface area contributed by atoms with Crippen molar-refractivity contribution in [3.05, 3.63) is 11.6 Å². The van der Waals surface area contributed by atoms with E-state index in [4.69, 9.17) is 9.47 Å². The van der Waals surface area contributed by atoms with Crippen LogP contribution >= 0.6 is 0 Å². The average molecular weight is 408 g/mol. The van der Waals surface area contributed by atoms with Crippen LogP contribution in [0.1, 0.15) is 53.4 Å². The predicted octanol–water partition coefficient (Wildman–Crippen LogP) is 1.54. The van der Waals surface area contributed by atoms with Gasteiger partial charge in [0.25, 0.3) is 0 Å². The van der Waals surface area contributed by atoms with Crippen LogP contribution in [0.2, 0.25) is 0 Å². The fraction of sp³-hybridized carbons (Fsp3) is 0.818. The summed E-state index contributed by atoms with van der Waals surface area (Å²) in [5.41, 5.74) is -0.426. The Kier molecular flexibility index (Phi) is 4.69. The van der Waals surface area contributed by atoms with E-state index in [1.165, 1.54) is 13.0 Å². The van der Waals surface area contributed by atoms with Crippen LogP contribution in [-0.4, -0.2) is 51.9 Å². The van der Waals surface area contributed by atoms with Gasteiger partial charge in [0.05, 0.1) is 6.10 Å². The molecule has 0 radical (unpaired) electrons. The number of fused-ring (bicyclic) bond motifs is 4. The number of carbonyl (C=O) groups excluding carboxylic acids is 2. The lowest BCUT2D eigenvalue weighted by Gasteiger charge is -2.65. The van der Waals surface area contributed by atoms with E-state index >= 15 is 0 Å². The van der Waals surface area contributed by atoms with E-state index in [-0.39, 0.29) is 36.7 Å². The molecule has 3 saturated carbocycles. The number of carbonyl (C=O) groups is 2. The van der Waals surface area contributed by atoms with Gasteiger partial charge in [-0.2, -0.15) is 0 Å². The lowest BCUT2D eigenvalue weighted by molar-refractivity contribution is -0.269. The van der Waals surface area contributed by atoms with Crippen molar-refractivity contribution in [1.82, 2.24) is 0 Å². The maximum atomic E-state index is 11.9. The third-order valence-electron chi connectivity index (χ3n) is 8.52. The molecule has 0 aromatic rings. The van der Waals surface area contributed by atoms with Gasteiger partial charge in [-0.05, 0) is 41.4 Å². The molecule has 162 valence electrons. The molecule has 7 heteroatoms. The molecule has 0 aromatic carbocycles. The van der Waals surface area contributed by atoms with Crippen molar-refractivity contribution >= 4 is 11.9 Å². The Morgan fingerprint density at radius 2 is 2.03 bits per heavy atom. The highest BCUT2D eigenvalue weighted by Crippen LogP contribution is 2.67. The van der Waals surface area contributed by atoms with Crippen molar-refractivity contribution < 1.29 is 34.4 Å². The van der Waals surface area contributed by atoms with E-state index in [1.807, 2.05) is 13.8 Å². The van der Waals surface area contributed by atoms with Crippen molar-refractivity contribution in [2.75, 3.05) is 6.61 Å². The van der Waals surface area contributed by atoms with Gasteiger partial charge in [0.2, 0.25) is 5.79 Å². The fourth-order valence-corrected chi connectivity index (χ4v) is 7.43. The zero-order valence-corrected chi connectivity index (χ0v) is 17.6. The Morgan fingerprint density at radius 1 is 1.34 bits per heavy atom. The normalized spacial score (nSPS) is 51.3. The average Bonchev–Trinajstić information content (AvgIpc) is 2.93. The molecule has 4 rings (SSSR count). The van der Waals surface area contributed by atoms with Crippen LogP contribution in [0, 0.1) is 34.5 Å². The van der Waals surface area contributed by atoms with E-state index in [9.17, 15) is 24.9 Å². The summed E-state index contributed by atoms with van der Waals surface area (Å²) in [6.45, 7) is 7.26. The Labute approximate surface area is 171 Å². The van der Waals surface area contributed by atoms with Crippen molar-refractivity contribution in [2.45, 2.75) is 71.4 Å². The van der Waals surface area contributed by atoms with Gasteiger partial charge in [0.1, 0.15) is 6.10 Å². The number of aliphatic hydroxyl groups excluding tert-OH is 2. The summed E-state index contributed by atoms with van der Waals surface area (Å²) in [5.74, 6) is -3.69. The molecule has 0 amide bonds. The maximum absolute atomic E-state index is 11.9.